The van der Waals surface area contributed by atoms with Crippen molar-refractivity contribution in [2.24, 2.45) is 4.99 Å². The predicted molar refractivity (Wildman–Crippen MR) is 195 cm³/mol. The van der Waals surface area contributed by atoms with E-state index < -0.39 is 53.1 Å². The minimum Gasteiger partial charge on any atom is -0.493 e. The van der Waals surface area contributed by atoms with E-state index in [1.807, 2.05) is 0 Å². The largest absolute Gasteiger partial charge is 0.493 e. The Balaban J connectivity index is 2.97. The Morgan fingerprint density at radius 3 is 1.77 bits per heavy atom. The zero-order valence-corrected chi connectivity index (χ0v) is 32.6. The van der Waals surface area contributed by atoms with Crippen LogP contribution in [0.25, 0.3) is 0 Å². The normalized spacial score (nSPS) is 11.8. The monoisotopic (exact) mass is 752 g/mol. The van der Waals surface area contributed by atoms with Gasteiger partial charge in [0.05, 0.1) is 32.1 Å². The lowest BCUT2D eigenvalue weighted by molar-refractivity contribution is -0.136. The molecule has 0 aliphatic carbocycles. The molecule has 16 nitrogen and oxygen atoms in total. The summed E-state index contributed by atoms with van der Waals surface area (Å²) >= 11 is 1.23. The third-order valence-electron chi connectivity index (χ3n) is 5.64. The molecule has 0 spiro atoms. The van der Waals surface area contributed by atoms with E-state index in [0.717, 1.165) is 0 Å². The number of terminal acetylenes is 1. The fourth-order valence-electron chi connectivity index (χ4n) is 3.69. The number of nitrogens with one attached hydrogen (secondary N) is 3. The number of amides is 3. The molecule has 52 heavy (non-hydrogen) atoms. The molecule has 1 atom stereocenters. The molecule has 0 aliphatic rings. The molecule has 1 aromatic carbocycles. The number of unbranched alkanes of at least 4 members (excludes halogenated alkanes) is 1. The molecule has 1 rings (SSSR count). The summed E-state index contributed by atoms with van der Waals surface area (Å²) < 4.78 is 37.5. The number of nitrogens with zero attached hydrogens (tertiary/aromatic N) is 1. The zero-order chi connectivity index (χ0) is 39.7. The fourth-order valence-corrected chi connectivity index (χ4v) is 4.38. The number of hydrogen-bond donors (Lipinski definition) is 3. The van der Waals surface area contributed by atoms with Gasteiger partial charge in [0.2, 0.25) is 11.7 Å². The van der Waals surface area contributed by atoms with Crippen LogP contribution in [0.4, 0.5) is 14.4 Å². The van der Waals surface area contributed by atoms with Crippen molar-refractivity contribution in [2.45, 2.75) is 98.0 Å². The molecule has 0 fully saturated rings. The van der Waals surface area contributed by atoms with Gasteiger partial charge in [-0.2, -0.15) is 0 Å². The smallest absolute Gasteiger partial charge is 0.414 e. The quantitative estimate of drug-likeness (QED) is 0.0426. The molecule has 0 radical (unpaired) electrons. The summed E-state index contributed by atoms with van der Waals surface area (Å²) in [6.07, 6.45) is 3.64. The maximum Gasteiger partial charge on any atom is 0.414 e. The van der Waals surface area contributed by atoms with Crippen LogP contribution in [0.3, 0.4) is 0 Å². The molecule has 1 aromatic rings. The Bertz CT molecular complexity index is 1410. The molecule has 3 N–H and O–H groups in total. The van der Waals surface area contributed by atoms with E-state index in [2.05, 4.69) is 26.9 Å². The molecule has 0 saturated heterocycles. The average Bonchev–Trinajstić information content (AvgIpc) is 2.99. The van der Waals surface area contributed by atoms with Crippen molar-refractivity contribution in [1.29, 1.82) is 0 Å². The molecule has 0 saturated carbocycles. The summed E-state index contributed by atoms with van der Waals surface area (Å²) in [6, 6.07) is 1.49. The highest BCUT2D eigenvalue weighted by Gasteiger charge is 2.29. The van der Waals surface area contributed by atoms with E-state index in [1.54, 1.807) is 62.3 Å². The lowest BCUT2D eigenvalue weighted by Crippen LogP contribution is -2.47. The summed E-state index contributed by atoms with van der Waals surface area (Å²) in [6.45, 7) is 15.3. The number of carbonyl (C=O) groups is 5. The zero-order valence-electron chi connectivity index (χ0n) is 31.8. The topological polar surface area (TPSA) is 198 Å². The van der Waals surface area contributed by atoms with Gasteiger partial charge in [0.25, 0.3) is 0 Å². The average molecular weight is 753 g/mol. The van der Waals surface area contributed by atoms with Crippen molar-refractivity contribution in [1.82, 2.24) is 16.0 Å². The van der Waals surface area contributed by atoms with Crippen LogP contribution in [0, 0.1) is 12.3 Å². The second-order valence-electron chi connectivity index (χ2n) is 13.9. The first kappa shape index (κ1) is 45.2. The summed E-state index contributed by atoms with van der Waals surface area (Å²) in [5, 5.41) is 7.29. The molecule has 0 heterocycles. The number of rotatable bonds is 14. The van der Waals surface area contributed by atoms with Crippen LogP contribution in [0.15, 0.2) is 17.1 Å². The van der Waals surface area contributed by atoms with Crippen LogP contribution in [0.1, 0.15) is 85.5 Å². The number of aliphatic imine (C=N–C) groups is 1. The Hall–Kier alpha value is -4.85. The lowest BCUT2D eigenvalue weighted by atomic mass is 10.1. The van der Waals surface area contributed by atoms with Gasteiger partial charge >= 0.3 is 30.2 Å². The van der Waals surface area contributed by atoms with Crippen LogP contribution in [-0.4, -0.2) is 97.9 Å². The van der Waals surface area contributed by atoms with Gasteiger partial charge in [-0.25, -0.2) is 24.0 Å². The summed E-state index contributed by atoms with van der Waals surface area (Å²) in [4.78, 5) is 67.4. The van der Waals surface area contributed by atoms with Gasteiger partial charge < -0.3 is 38.5 Å². The number of benzene rings is 1. The minimum absolute atomic E-state index is 0.00260. The Morgan fingerprint density at radius 1 is 0.808 bits per heavy atom. The van der Waals surface area contributed by atoms with Crippen molar-refractivity contribution in [3.8, 4) is 29.6 Å². The molecule has 0 aliphatic heterocycles. The summed E-state index contributed by atoms with van der Waals surface area (Å²) in [5.74, 6) is 0.943. The molecule has 0 aromatic heterocycles. The highest BCUT2D eigenvalue weighted by Crippen LogP contribution is 2.39. The Labute approximate surface area is 309 Å². The van der Waals surface area contributed by atoms with Crippen molar-refractivity contribution in [3.63, 3.8) is 0 Å². The number of hydrogen-bond acceptors (Lipinski definition) is 14. The van der Waals surface area contributed by atoms with Gasteiger partial charge in [-0.05, 0) is 87.3 Å². The first-order valence-electron chi connectivity index (χ1n) is 16.3. The third kappa shape index (κ3) is 18.9. The maximum absolute atomic E-state index is 13.2. The van der Waals surface area contributed by atoms with E-state index in [1.165, 1.54) is 38.1 Å². The first-order chi connectivity index (χ1) is 24.1. The van der Waals surface area contributed by atoms with Crippen LogP contribution < -0.4 is 30.2 Å². The predicted octanol–water partition coefficient (Wildman–Crippen LogP) is 5.21. The van der Waals surface area contributed by atoms with Gasteiger partial charge in [-0.3, -0.25) is 15.6 Å². The fraction of sp³-hybridized carbons (Fsp3) is 0.600. The van der Waals surface area contributed by atoms with Gasteiger partial charge in [0.1, 0.15) is 22.8 Å². The summed E-state index contributed by atoms with van der Waals surface area (Å²) in [5.41, 5.74) is -2.32. The molecule has 17 heteroatoms. The molecular formula is C35H52N4O12S. The van der Waals surface area contributed by atoms with E-state index in [0.29, 0.717) is 12.8 Å². The van der Waals surface area contributed by atoms with Gasteiger partial charge in [-0.15, -0.1) is 18.2 Å². The molecule has 0 bridgehead atoms. The van der Waals surface area contributed by atoms with Gasteiger partial charge in [0.15, 0.2) is 11.5 Å². The Kier molecular flexibility index (Phi) is 18.1. The number of guanidine groups is 1. The standard InChI is InChI=1S/C35H52N4O12S/c1-13-18-52-21-23(37-30(42)49-33(2,3)4)28(41)48-26-24(45-11)19-22(20-25(26)46-12)27(40)47-17-15-14-16-36-29(38-31(43)50-34(5,6)7)39-32(44)51-35(8,9)10/h1,19-20,23H,14-18,21H2,2-12H3,(H,37,42)(H2,36,38,39,43,44)/t23-/m0/s1. The highest BCUT2D eigenvalue weighted by molar-refractivity contribution is 7.99. The van der Waals surface area contributed by atoms with Crippen LogP contribution in [0.5, 0.6) is 17.2 Å². The maximum atomic E-state index is 13.2. The lowest BCUT2D eigenvalue weighted by Gasteiger charge is -2.23. The molecule has 290 valence electrons. The number of thioether (sulfide) groups is 1. The Morgan fingerprint density at radius 2 is 1.31 bits per heavy atom. The number of carbonyl (C=O) groups excluding carboxylic acids is 5. The SMILES string of the molecule is C#CCSC[C@H](NC(=O)OC(C)(C)C)C(=O)Oc1c(OC)cc(C(=O)OCCCCN=C(NC(=O)OC(C)(C)C)NC(=O)OC(C)(C)C)cc1OC. The van der Waals surface area contributed by atoms with E-state index >= 15 is 0 Å². The van der Waals surface area contributed by atoms with Crippen molar-refractivity contribution in [3.05, 3.63) is 17.7 Å². The number of esters is 2. The van der Waals surface area contributed by atoms with E-state index in [-0.39, 0.29) is 53.4 Å². The van der Waals surface area contributed by atoms with Gasteiger partial charge in [-0.1, -0.05) is 5.92 Å². The molecular weight excluding hydrogens is 700 g/mol. The van der Waals surface area contributed by atoms with Crippen molar-refractivity contribution >= 4 is 47.9 Å². The van der Waals surface area contributed by atoms with Crippen LogP contribution in [-0.2, 0) is 23.7 Å². The number of ether oxygens (including phenoxy) is 7. The second-order valence-corrected chi connectivity index (χ2v) is 14.9. The second kappa shape index (κ2) is 20.9. The van der Waals surface area contributed by atoms with Crippen molar-refractivity contribution < 1.29 is 57.1 Å². The molecule has 3 amide bonds. The first-order valence-corrected chi connectivity index (χ1v) is 17.4. The van der Waals surface area contributed by atoms with Crippen LogP contribution in [0.2, 0.25) is 0 Å². The number of alkyl carbamates (subject to hydrolysis) is 3. The summed E-state index contributed by atoms with van der Waals surface area (Å²) in [7, 11) is 2.62. The van der Waals surface area contributed by atoms with Gasteiger partial charge in [0, 0.05) is 12.3 Å². The third-order valence-corrected chi connectivity index (χ3v) is 6.58. The molecule has 0 unspecified atom stereocenters. The minimum atomic E-state index is -1.14. The number of methoxy groups -OCH3 is 2. The van der Waals surface area contributed by atoms with Crippen LogP contribution >= 0.6 is 11.8 Å². The van der Waals surface area contributed by atoms with E-state index in [9.17, 15) is 24.0 Å². The van der Waals surface area contributed by atoms with Crippen molar-refractivity contribution in [2.75, 3.05) is 38.9 Å². The highest BCUT2D eigenvalue weighted by atomic mass is 32.2. The van der Waals surface area contributed by atoms with E-state index in [4.69, 9.17) is 39.6 Å².